The summed E-state index contributed by atoms with van der Waals surface area (Å²) < 4.78 is 28.5. The monoisotopic (exact) mass is 363 g/mol. The summed E-state index contributed by atoms with van der Waals surface area (Å²) in [4.78, 5) is 15.0. The van der Waals surface area contributed by atoms with E-state index in [0.29, 0.717) is 16.8 Å². The third-order valence-electron chi connectivity index (χ3n) is 3.71. The van der Waals surface area contributed by atoms with Crippen molar-refractivity contribution in [2.24, 2.45) is 0 Å². The van der Waals surface area contributed by atoms with Crippen molar-refractivity contribution in [3.05, 3.63) is 53.6 Å². The second-order valence-electron chi connectivity index (χ2n) is 5.56. The summed E-state index contributed by atoms with van der Waals surface area (Å²) in [5.74, 6) is -0.335. The lowest BCUT2D eigenvalue weighted by molar-refractivity contribution is 0.0633. The van der Waals surface area contributed by atoms with Crippen molar-refractivity contribution in [1.29, 1.82) is 0 Å². The van der Waals surface area contributed by atoms with Gasteiger partial charge in [-0.25, -0.2) is 13.4 Å². The van der Waals surface area contributed by atoms with Crippen molar-refractivity contribution >= 4 is 21.6 Å². The van der Waals surface area contributed by atoms with Crippen LogP contribution in [0.1, 0.15) is 22.1 Å². The summed E-state index contributed by atoms with van der Waals surface area (Å²) >= 11 is 0. The van der Waals surface area contributed by atoms with Crippen LogP contribution in [0.15, 0.2) is 42.5 Å². The Hall–Kier alpha value is -2.78. The number of hydrogen-bond donors (Lipinski definition) is 3. The zero-order valence-electron chi connectivity index (χ0n) is 13.6. The molecule has 1 aliphatic rings. The molecule has 0 bridgehead atoms. The Balaban J connectivity index is 2.10. The number of aromatic hydroxyl groups is 1. The summed E-state index contributed by atoms with van der Waals surface area (Å²) in [7, 11) is -2.29. The number of nitrogens with one attached hydrogen (secondary N) is 2. The highest BCUT2D eigenvalue weighted by Crippen LogP contribution is 2.35. The molecular formula is C16H17N3O5S. The molecule has 3 N–H and O–H groups in total. The number of para-hydroxylation sites is 1. The normalized spacial score (nSPS) is 17.0. The van der Waals surface area contributed by atoms with E-state index in [0.717, 1.165) is 11.3 Å². The molecule has 8 nitrogen and oxygen atoms in total. The molecule has 0 unspecified atom stereocenters. The quantitative estimate of drug-likeness (QED) is 0.758. The number of benzene rings is 2. The molecule has 1 heterocycles. The van der Waals surface area contributed by atoms with Crippen molar-refractivity contribution in [3.63, 3.8) is 0 Å². The summed E-state index contributed by atoms with van der Waals surface area (Å²) in [6.07, 6.45) is 0.154. The Kier molecular flexibility index (Phi) is 4.27. The van der Waals surface area contributed by atoms with E-state index in [1.54, 1.807) is 30.3 Å². The second kappa shape index (κ2) is 6.26. The van der Waals surface area contributed by atoms with Crippen LogP contribution in [0.5, 0.6) is 11.5 Å². The van der Waals surface area contributed by atoms with E-state index < -0.39 is 22.1 Å². The number of nitrogens with zero attached hydrogens (tertiary/aromatic N) is 1. The molecule has 1 atom stereocenters. The predicted octanol–water partition coefficient (Wildman–Crippen LogP) is 1.43. The van der Waals surface area contributed by atoms with Gasteiger partial charge in [0.15, 0.2) is 11.5 Å². The number of hydrazine groups is 1. The smallest absolute Gasteiger partial charge is 0.273 e. The van der Waals surface area contributed by atoms with E-state index in [2.05, 4.69) is 10.1 Å². The van der Waals surface area contributed by atoms with Gasteiger partial charge in [-0.2, -0.15) is 0 Å². The van der Waals surface area contributed by atoms with E-state index >= 15 is 0 Å². The first kappa shape index (κ1) is 17.1. The molecule has 2 aromatic carbocycles. The Morgan fingerprint density at radius 2 is 1.96 bits per heavy atom. The van der Waals surface area contributed by atoms with Crippen LogP contribution in [0.3, 0.4) is 0 Å². The minimum atomic E-state index is -3.69. The molecule has 25 heavy (non-hydrogen) atoms. The predicted molar refractivity (Wildman–Crippen MR) is 91.6 cm³/mol. The summed E-state index contributed by atoms with van der Waals surface area (Å²) in [5.41, 5.74) is 1.46. The topological polar surface area (TPSA) is 108 Å². The van der Waals surface area contributed by atoms with Gasteiger partial charge in [0.05, 0.1) is 18.9 Å². The van der Waals surface area contributed by atoms with Crippen molar-refractivity contribution in [2.45, 2.75) is 6.17 Å². The Morgan fingerprint density at radius 1 is 1.24 bits per heavy atom. The molecule has 1 amide bonds. The molecule has 1 aliphatic heterocycles. The van der Waals surface area contributed by atoms with Crippen LogP contribution in [0.2, 0.25) is 0 Å². The molecule has 132 valence electrons. The van der Waals surface area contributed by atoms with E-state index in [-0.39, 0.29) is 11.5 Å². The zero-order chi connectivity index (χ0) is 18.2. The van der Waals surface area contributed by atoms with Crippen LogP contribution in [0.4, 0.5) is 5.69 Å². The average molecular weight is 363 g/mol. The number of phenols is 1. The fourth-order valence-corrected chi connectivity index (χ4v) is 3.17. The molecule has 3 rings (SSSR count). The van der Waals surface area contributed by atoms with Crippen molar-refractivity contribution in [2.75, 3.05) is 18.7 Å². The molecule has 0 saturated carbocycles. The maximum atomic E-state index is 12.8. The highest BCUT2D eigenvalue weighted by molar-refractivity contribution is 7.88. The van der Waals surface area contributed by atoms with Gasteiger partial charge in [0.25, 0.3) is 5.91 Å². The lowest BCUT2D eigenvalue weighted by Crippen LogP contribution is -2.52. The zero-order valence-corrected chi connectivity index (χ0v) is 14.4. The van der Waals surface area contributed by atoms with E-state index in [1.807, 2.05) is 0 Å². The van der Waals surface area contributed by atoms with Crippen LogP contribution in [0.25, 0.3) is 0 Å². The molecule has 2 aromatic rings. The minimum absolute atomic E-state index is 0.0589. The summed E-state index contributed by atoms with van der Waals surface area (Å²) in [5, 5.41) is 13.9. The molecule has 9 heteroatoms. The maximum absolute atomic E-state index is 12.8. The third kappa shape index (κ3) is 3.37. The molecule has 0 spiro atoms. The number of amides is 1. The molecule has 0 saturated heterocycles. The van der Waals surface area contributed by atoms with Gasteiger partial charge < -0.3 is 15.2 Å². The number of anilines is 1. The lowest BCUT2D eigenvalue weighted by atomic mass is 10.0. The average Bonchev–Trinajstić information content (AvgIpc) is 2.57. The number of rotatable bonds is 4. The largest absolute Gasteiger partial charge is 0.504 e. The summed E-state index contributed by atoms with van der Waals surface area (Å²) in [6, 6.07) is 11.3. The van der Waals surface area contributed by atoms with Crippen LogP contribution in [0, 0.1) is 0 Å². The van der Waals surface area contributed by atoms with Gasteiger partial charge in [-0.1, -0.05) is 18.2 Å². The van der Waals surface area contributed by atoms with E-state index in [9.17, 15) is 18.3 Å². The van der Waals surface area contributed by atoms with Gasteiger partial charge in [-0.15, -0.1) is 4.83 Å². The van der Waals surface area contributed by atoms with Crippen LogP contribution in [-0.4, -0.2) is 37.8 Å². The number of fused-ring (bicyclic) bond motifs is 1. The molecule has 0 fully saturated rings. The van der Waals surface area contributed by atoms with Crippen LogP contribution < -0.4 is 14.9 Å². The van der Waals surface area contributed by atoms with Crippen molar-refractivity contribution in [1.82, 2.24) is 9.84 Å². The van der Waals surface area contributed by atoms with Gasteiger partial charge in [0, 0.05) is 5.69 Å². The van der Waals surface area contributed by atoms with Gasteiger partial charge >= 0.3 is 0 Å². The Bertz CT molecular complexity index is 929. The number of carbonyl (C=O) groups excluding carboxylic acids is 1. The number of hydrogen-bond acceptors (Lipinski definition) is 6. The molecule has 0 aromatic heterocycles. The minimum Gasteiger partial charge on any atom is -0.504 e. The maximum Gasteiger partial charge on any atom is 0.273 e. The molecule has 0 aliphatic carbocycles. The standard InChI is InChI=1S/C16H17N3O5S/c1-24-14-9-10(7-8-13(14)20)15-17-12-6-4-3-5-11(12)16(21)19(15)18-25(2,22)23/h3-9,15,17-18,20H,1-2H3/t15-/m1/s1. The Morgan fingerprint density at radius 3 is 2.64 bits per heavy atom. The van der Waals surface area contributed by atoms with E-state index in [1.165, 1.54) is 19.2 Å². The fourth-order valence-electron chi connectivity index (χ4n) is 2.62. The number of phenolic OH excluding ortho intramolecular Hbond substituents is 1. The van der Waals surface area contributed by atoms with Crippen molar-refractivity contribution < 1.29 is 23.1 Å². The number of methoxy groups -OCH3 is 1. The molecular weight excluding hydrogens is 346 g/mol. The molecule has 0 radical (unpaired) electrons. The number of ether oxygens (including phenoxy) is 1. The highest BCUT2D eigenvalue weighted by Gasteiger charge is 2.35. The first-order valence-corrected chi connectivity index (χ1v) is 9.23. The highest BCUT2D eigenvalue weighted by atomic mass is 32.2. The van der Waals surface area contributed by atoms with Crippen LogP contribution in [-0.2, 0) is 10.0 Å². The fraction of sp³-hybridized carbons (Fsp3) is 0.188. The number of carbonyl (C=O) groups is 1. The first-order chi connectivity index (χ1) is 11.8. The van der Waals surface area contributed by atoms with E-state index in [4.69, 9.17) is 4.74 Å². The van der Waals surface area contributed by atoms with Gasteiger partial charge in [-0.05, 0) is 29.8 Å². The van der Waals surface area contributed by atoms with Crippen molar-refractivity contribution in [3.8, 4) is 11.5 Å². The van der Waals surface area contributed by atoms with Gasteiger partial charge in [0.2, 0.25) is 10.0 Å². The summed E-state index contributed by atoms with van der Waals surface area (Å²) in [6.45, 7) is 0. The van der Waals surface area contributed by atoms with Gasteiger partial charge in [0.1, 0.15) is 6.17 Å². The lowest BCUT2D eigenvalue weighted by Gasteiger charge is -2.37. The Labute approximate surface area is 145 Å². The second-order valence-corrected chi connectivity index (χ2v) is 7.29. The van der Waals surface area contributed by atoms with Crippen LogP contribution >= 0.6 is 0 Å². The SMILES string of the molecule is COc1cc([C@@H]2Nc3ccccc3C(=O)N2NS(C)(=O)=O)ccc1O. The number of sulfonamides is 1. The third-order valence-corrected chi connectivity index (χ3v) is 4.24. The first-order valence-electron chi connectivity index (χ1n) is 7.33. The van der Waals surface area contributed by atoms with Gasteiger partial charge in [-0.3, -0.25) is 4.79 Å².